The van der Waals surface area contributed by atoms with E-state index in [4.69, 9.17) is 5.73 Å². The van der Waals surface area contributed by atoms with Crippen molar-refractivity contribution in [3.63, 3.8) is 0 Å². The van der Waals surface area contributed by atoms with Crippen LogP contribution in [-0.4, -0.2) is 9.55 Å². The number of hydrogen-bond acceptors (Lipinski definition) is 2. The van der Waals surface area contributed by atoms with Gasteiger partial charge in [0.15, 0.2) is 0 Å². The van der Waals surface area contributed by atoms with Crippen molar-refractivity contribution < 1.29 is 4.39 Å². The van der Waals surface area contributed by atoms with Crippen LogP contribution in [0.5, 0.6) is 0 Å². The molecule has 2 aromatic rings. The van der Waals surface area contributed by atoms with Crippen LogP contribution in [0.2, 0.25) is 0 Å². The number of halogens is 1. The van der Waals surface area contributed by atoms with Crippen molar-refractivity contribution in [1.82, 2.24) is 9.55 Å². The van der Waals surface area contributed by atoms with E-state index in [0.717, 1.165) is 18.4 Å². The highest BCUT2D eigenvalue weighted by molar-refractivity contribution is 5.79. The Morgan fingerprint density at radius 2 is 2.00 bits per heavy atom. The normalized spacial score (nSPS) is 17.4. The van der Waals surface area contributed by atoms with Crippen molar-refractivity contribution in [3.05, 3.63) is 23.5 Å². The molecule has 0 saturated heterocycles. The molecular weight excluding hydrogens is 229 g/mol. The van der Waals surface area contributed by atoms with Crippen LogP contribution in [0.3, 0.4) is 0 Å². The number of fused-ring (bicyclic) bond motifs is 1. The van der Waals surface area contributed by atoms with Gasteiger partial charge in [0, 0.05) is 12.1 Å². The van der Waals surface area contributed by atoms with Gasteiger partial charge in [0.05, 0.1) is 11.0 Å². The lowest BCUT2D eigenvalue weighted by Gasteiger charge is -2.24. The van der Waals surface area contributed by atoms with Gasteiger partial charge < -0.3 is 10.3 Å². The predicted octanol–water partition coefficient (Wildman–Crippen LogP) is 3.57. The first-order valence-corrected chi connectivity index (χ1v) is 6.60. The van der Waals surface area contributed by atoms with Crippen LogP contribution in [-0.2, 0) is 0 Å². The Labute approximate surface area is 106 Å². The SMILES string of the molecule is Cc1cc2c(cc1F)nc(N)n2C1CCCCC1. The molecule has 96 valence electrons. The molecule has 1 aliphatic carbocycles. The summed E-state index contributed by atoms with van der Waals surface area (Å²) in [6, 6.07) is 3.77. The molecule has 3 rings (SSSR count). The molecule has 3 nitrogen and oxygen atoms in total. The van der Waals surface area contributed by atoms with Gasteiger partial charge in [-0.1, -0.05) is 19.3 Å². The van der Waals surface area contributed by atoms with Gasteiger partial charge in [0.2, 0.25) is 5.95 Å². The topological polar surface area (TPSA) is 43.8 Å². The number of nitrogens with two attached hydrogens (primary N) is 1. The van der Waals surface area contributed by atoms with Crippen LogP contribution in [0.4, 0.5) is 10.3 Å². The molecule has 1 aromatic carbocycles. The van der Waals surface area contributed by atoms with Gasteiger partial charge in [-0.2, -0.15) is 0 Å². The van der Waals surface area contributed by atoms with E-state index in [9.17, 15) is 4.39 Å². The molecule has 1 aliphatic rings. The lowest BCUT2D eigenvalue weighted by Crippen LogP contribution is -2.15. The second-order valence-electron chi connectivity index (χ2n) is 5.22. The Morgan fingerprint density at radius 3 is 2.72 bits per heavy atom. The molecule has 0 spiro atoms. The smallest absolute Gasteiger partial charge is 0.201 e. The third kappa shape index (κ3) is 1.76. The number of anilines is 1. The monoisotopic (exact) mass is 247 g/mol. The first-order chi connectivity index (χ1) is 8.66. The number of rotatable bonds is 1. The maximum absolute atomic E-state index is 13.5. The number of imidazole rings is 1. The van der Waals surface area contributed by atoms with Crippen LogP contribution in [0, 0.1) is 12.7 Å². The zero-order chi connectivity index (χ0) is 12.7. The van der Waals surface area contributed by atoms with Crippen molar-refractivity contribution in [2.45, 2.75) is 45.1 Å². The summed E-state index contributed by atoms with van der Waals surface area (Å²) in [6.07, 6.45) is 6.07. The van der Waals surface area contributed by atoms with Gasteiger partial charge in [-0.3, -0.25) is 0 Å². The minimum Gasteiger partial charge on any atom is -0.369 e. The fourth-order valence-electron chi connectivity index (χ4n) is 2.96. The fraction of sp³-hybridized carbons (Fsp3) is 0.500. The van der Waals surface area contributed by atoms with Gasteiger partial charge in [0.1, 0.15) is 5.82 Å². The number of nitrogen functional groups attached to an aromatic ring is 1. The quantitative estimate of drug-likeness (QED) is 0.837. The summed E-state index contributed by atoms with van der Waals surface area (Å²) < 4.78 is 15.6. The summed E-state index contributed by atoms with van der Waals surface area (Å²) in [5.74, 6) is 0.303. The van der Waals surface area contributed by atoms with Crippen molar-refractivity contribution in [2.75, 3.05) is 5.73 Å². The van der Waals surface area contributed by atoms with E-state index >= 15 is 0 Å². The molecular formula is C14H18FN3. The second kappa shape index (κ2) is 4.26. The number of hydrogen-bond donors (Lipinski definition) is 1. The highest BCUT2D eigenvalue weighted by Crippen LogP contribution is 2.33. The summed E-state index contributed by atoms with van der Waals surface area (Å²) in [5, 5.41) is 0. The number of aryl methyl sites for hydroxylation is 1. The molecule has 1 fully saturated rings. The molecule has 1 saturated carbocycles. The van der Waals surface area contributed by atoms with E-state index in [1.807, 2.05) is 6.07 Å². The van der Waals surface area contributed by atoms with E-state index in [1.54, 1.807) is 6.92 Å². The van der Waals surface area contributed by atoms with Crippen molar-refractivity contribution in [2.24, 2.45) is 0 Å². The van der Waals surface area contributed by atoms with Crippen molar-refractivity contribution in [3.8, 4) is 0 Å². The first kappa shape index (κ1) is 11.5. The van der Waals surface area contributed by atoms with Crippen LogP contribution < -0.4 is 5.73 Å². The maximum atomic E-state index is 13.5. The Balaban J connectivity index is 2.15. The molecule has 0 amide bonds. The summed E-state index contributed by atoms with van der Waals surface area (Å²) in [6.45, 7) is 1.78. The second-order valence-corrected chi connectivity index (χ2v) is 5.22. The summed E-state index contributed by atoms with van der Waals surface area (Å²) in [4.78, 5) is 4.29. The van der Waals surface area contributed by atoms with Gasteiger partial charge >= 0.3 is 0 Å². The molecule has 18 heavy (non-hydrogen) atoms. The minimum atomic E-state index is -0.212. The van der Waals surface area contributed by atoms with Crippen LogP contribution in [0.25, 0.3) is 11.0 Å². The van der Waals surface area contributed by atoms with Crippen LogP contribution >= 0.6 is 0 Å². The van der Waals surface area contributed by atoms with Crippen LogP contribution in [0.1, 0.15) is 43.7 Å². The largest absolute Gasteiger partial charge is 0.369 e. The van der Waals surface area contributed by atoms with Crippen molar-refractivity contribution in [1.29, 1.82) is 0 Å². The Bertz CT molecular complexity index is 582. The highest BCUT2D eigenvalue weighted by atomic mass is 19.1. The molecule has 1 aromatic heterocycles. The molecule has 2 N–H and O–H groups in total. The van der Waals surface area contributed by atoms with Gasteiger partial charge in [-0.15, -0.1) is 0 Å². The lowest BCUT2D eigenvalue weighted by molar-refractivity contribution is 0.363. The van der Waals surface area contributed by atoms with E-state index in [2.05, 4.69) is 9.55 Å². The molecule has 0 atom stereocenters. The number of nitrogens with zero attached hydrogens (tertiary/aromatic N) is 2. The van der Waals surface area contributed by atoms with Crippen molar-refractivity contribution >= 4 is 17.0 Å². The molecule has 0 radical (unpaired) electrons. The number of benzene rings is 1. The molecule has 4 heteroatoms. The zero-order valence-electron chi connectivity index (χ0n) is 10.6. The Hall–Kier alpha value is -1.58. The van der Waals surface area contributed by atoms with E-state index in [0.29, 0.717) is 23.1 Å². The summed E-state index contributed by atoms with van der Waals surface area (Å²) >= 11 is 0. The summed E-state index contributed by atoms with van der Waals surface area (Å²) in [7, 11) is 0. The zero-order valence-corrected chi connectivity index (χ0v) is 10.6. The van der Waals surface area contributed by atoms with Gasteiger partial charge in [-0.25, -0.2) is 9.37 Å². The van der Waals surface area contributed by atoms with Gasteiger partial charge in [0.25, 0.3) is 0 Å². The average Bonchev–Trinajstić information content (AvgIpc) is 2.66. The Morgan fingerprint density at radius 1 is 1.28 bits per heavy atom. The van der Waals surface area contributed by atoms with Gasteiger partial charge in [-0.05, 0) is 31.4 Å². The van der Waals surface area contributed by atoms with E-state index < -0.39 is 0 Å². The standard InChI is InChI=1S/C14H18FN3/c1-9-7-13-12(8-11(9)15)17-14(16)18(13)10-5-3-2-4-6-10/h7-8,10H,2-6H2,1H3,(H2,16,17). The fourth-order valence-corrected chi connectivity index (χ4v) is 2.96. The van der Waals surface area contributed by atoms with E-state index in [1.165, 1.54) is 25.3 Å². The number of aromatic nitrogens is 2. The summed E-state index contributed by atoms with van der Waals surface area (Å²) in [5.41, 5.74) is 8.30. The third-order valence-electron chi connectivity index (χ3n) is 3.94. The highest BCUT2D eigenvalue weighted by Gasteiger charge is 2.20. The predicted molar refractivity (Wildman–Crippen MR) is 71.0 cm³/mol. The lowest BCUT2D eigenvalue weighted by atomic mass is 9.95. The molecule has 0 aliphatic heterocycles. The molecule has 0 bridgehead atoms. The average molecular weight is 247 g/mol. The third-order valence-corrected chi connectivity index (χ3v) is 3.94. The van der Waals surface area contributed by atoms with Crippen LogP contribution in [0.15, 0.2) is 12.1 Å². The first-order valence-electron chi connectivity index (χ1n) is 6.60. The van der Waals surface area contributed by atoms with E-state index in [-0.39, 0.29) is 5.82 Å². The molecule has 0 unspecified atom stereocenters. The Kier molecular flexibility index (Phi) is 2.73. The molecule has 1 heterocycles. The minimum absolute atomic E-state index is 0.212. The maximum Gasteiger partial charge on any atom is 0.201 e.